The first-order chi connectivity index (χ1) is 20.9. The normalized spacial score (nSPS) is 18.2. The highest BCUT2D eigenvalue weighted by Crippen LogP contribution is 2.47. The fraction of sp³-hybridized carbons (Fsp3) is 0.211. The summed E-state index contributed by atoms with van der Waals surface area (Å²) in [4.78, 5) is 30.3. The molecule has 1 N–H and O–H groups in total. The number of ether oxygens (including phenoxy) is 1. The summed E-state index contributed by atoms with van der Waals surface area (Å²) in [5, 5.41) is 3.61. The lowest BCUT2D eigenvalue weighted by molar-refractivity contribution is -0.116. The van der Waals surface area contributed by atoms with E-state index in [1.807, 2.05) is 98.8 Å². The molecule has 4 aromatic carbocycles. The molecule has 0 unspecified atom stereocenters. The van der Waals surface area contributed by atoms with Gasteiger partial charge in [-0.1, -0.05) is 84.4 Å². The highest BCUT2D eigenvalue weighted by atomic mass is 16.5. The average Bonchev–Trinajstić information content (AvgIpc) is 3.16. The molecule has 0 radical (unpaired) electrons. The summed E-state index contributed by atoms with van der Waals surface area (Å²) < 4.78 is 5.92. The molecule has 1 aliphatic carbocycles. The second-order valence-electron chi connectivity index (χ2n) is 11.6. The predicted molar refractivity (Wildman–Crippen MR) is 173 cm³/mol. The number of allylic oxidation sites excluding steroid dienone is 1. The van der Waals surface area contributed by atoms with E-state index in [2.05, 4.69) is 36.5 Å². The van der Waals surface area contributed by atoms with Crippen molar-refractivity contribution in [3.63, 3.8) is 0 Å². The van der Waals surface area contributed by atoms with E-state index in [9.17, 15) is 9.59 Å². The van der Waals surface area contributed by atoms with E-state index in [1.165, 1.54) is 5.56 Å². The summed E-state index contributed by atoms with van der Waals surface area (Å²) >= 11 is 0. The number of benzene rings is 4. The third kappa shape index (κ3) is 6.02. The number of ketones is 1. The Hall–Kier alpha value is -4.90. The first-order valence-electron chi connectivity index (χ1n) is 14.9. The van der Waals surface area contributed by atoms with Gasteiger partial charge in [-0.15, -0.1) is 0 Å². The molecule has 6 rings (SSSR count). The Morgan fingerprint density at radius 1 is 0.860 bits per heavy atom. The molecule has 0 spiro atoms. The number of para-hydroxylation sites is 2. The second kappa shape index (κ2) is 12.1. The third-order valence-electron chi connectivity index (χ3n) is 8.06. The lowest BCUT2D eigenvalue weighted by Gasteiger charge is -2.34. The molecule has 0 bridgehead atoms. The zero-order valence-corrected chi connectivity index (χ0v) is 24.8. The van der Waals surface area contributed by atoms with Crippen molar-refractivity contribution in [3.05, 3.63) is 143 Å². The molecule has 0 saturated heterocycles. The van der Waals surface area contributed by atoms with Crippen molar-refractivity contribution in [1.29, 1.82) is 0 Å². The number of carbonyl (C=O) groups excluding carboxylic acids is 2. The Morgan fingerprint density at radius 3 is 2.26 bits per heavy atom. The molecule has 216 valence electrons. The number of carbonyl (C=O) groups is 2. The smallest absolute Gasteiger partial charge is 0.251 e. The number of anilines is 2. The summed E-state index contributed by atoms with van der Waals surface area (Å²) in [6.07, 6.45) is 4.52. The van der Waals surface area contributed by atoms with Crippen molar-refractivity contribution in [2.75, 3.05) is 10.2 Å². The Kier molecular flexibility index (Phi) is 7.97. The van der Waals surface area contributed by atoms with Crippen LogP contribution in [0.5, 0.6) is 5.75 Å². The molecule has 43 heavy (non-hydrogen) atoms. The molecule has 1 amide bonds. The van der Waals surface area contributed by atoms with Gasteiger partial charge in [-0.2, -0.15) is 0 Å². The Balaban J connectivity index is 1.49. The van der Waals surface area contributed by atoms with Gasteiger partial charge in [0.2, 0.25) is 0 Å². The fourth-order valence-corrected chi connectivity index (χ4v) is 6.04. The number of Topliss-reactive ketones (excluding diaryl/α,β-unsaturated/α-hetero) is 1. The number of nitrogens with zero attached hydrogens (tertiary/aromatic N) is 1. The molecule has 4 aromatic rings. The number of amides is 1. The Labute approximate surface area is 253 Å². The minimum Gasteiger partial charge on any atom is -0.491 e. The molecule has 2 aliphatic rings. The van der Waals surface area contributed by atoms with Gasteiger partial charge >= 0.3 is 0 Å². The molecule has 0 saturated carbocycles. The maximum Gasteiger partial charge on any atom is 0.251 e. The molecule has 5 heteroatoms. The summed E-state index contributed by atoms with van der Waals surface area (Å²) in [7, 11) is 0. The third-order valence-corrected chi connectivity index (χ3v) is 8.06. The van der Waals surface area contributed by atoms with E-state index >= 15 is 0 Å². The zero-order chi connectivity index (χ0) is 29.9. The van der Waals surface area contributed by atoms with Crippen LogP contribution in [0.25, 0.3) is 6.08 Å². The van der Waals surface area contributed by atoms with Gasteiger partial charge in [0, 0.05) is 23.8 Å². The molecule has 1 aliphatic heterocycles. The van der Waals surface area contributed by atoms with Gasteiger partial charge in [-0.25, -0.2) is 0 Å². The van der Waals surface area contributed by atoms with Gasteiger partial charge < -0.3 is 10.1 Å². The topological polar surface area (TPSA) is 58.6 Å². The van der Waals surface area contributed by atoms with Crippen molar-refractivity contribution in [2.45, 2.75) is 51.7 Å². The molecule has 0 fully saturated rings. The molecule has 1 heterocycles. The van der Waals surface area contributed by atoms with E-state index in [4.69, 9.17) is 4.74 Å². The van der Waals surface area contributed by atoms with E-state index in [0.717, 1.165) is 39.5 Å². The van der Waals surface area contributed by atoms with Crippen LogP contribution in [0.2, 0.25) is 0 Å². The van der Waals surface area contributed by atoms with E-state index in [1.54, 1.807) is 11.0 Å². The fourth-order valence-electron chi connectivity index (χ4n) is 6.04. The van der Waals surface area contributed by atoms with E-state index in [-0.39, 0.29) is 23.7 Å². The van der Waals surface area contributed by atoms with Gasteiger partial charge in [0.25, 0.3) is 5.91 Å². The van der Waals surface area contributed by atoms with Gasteiger partial charge in [-0.05, 0) is 80.1 Å². The standard InChI is InChI=1S/C38H36N2O3/c1-25(2)43-31-20-18-29(19-21-31)38-37-33(23-30(24-35(37)41)28-16-13-26(3)14-17-28)39-32-11-7-8-12-34(32)40(38)36(42)22-15-27-9-5-4-6-10-27/h4-22,25,30,38-39H,23-24H2,1-3H3/b22-15+/t30-,38+/m0/s1. The predicted octanol–water partition coefficient (Wildman–Crippen LogP) is 8.40. The van der Waals surface area contributed by atoms with Gasteiger partial charge in [0.15, 0.2) is 5.78 Å². The van der Waals surface area contributed by atoms with Crippen LogP contribution in [0.3, 0.4) is 0 Å². The molecular formula is C38H36N2O3. The molecule has 5 nitrogen and oxygen atoms in total. The first kappa shape index (κ1) is 28.2. The maximum absolute atomic E-state index is 14.2. The van der Waals surface area contributed by atoms with Crippen molar-refractivity contribution in [1.82, 2.24) is 0 Å². The number of rotatable bonds is 6. The highest BCUT2D eigenvalue weighted by Gasteiger charge is 2.41. The number of hydrogen-bond donors (Lipinski definition) is 1. The van der Waals surface area contributed by atoms with Crippen molar-refractivity contribution < 1.29 is 14.3 Å². The Bertz CT molecular complexity index is 1690. The zero-order valence-electron chi connectivity index (χ0n) is 24.8. The van der Waals surface area contributed by atoms with Crippen LogP contribution in [0.1, 0.15) is 60.9 Å². The van der Waals surface area contributed by atoms with Crippen molar-refractivity contribution in [2.24, 2.45) is 0 Å². The van der Waals surface area contributed by atoms with Gasteiger partial charge in [0.05, 0.1) is 23.5 Å². The lowest BCUT2D eigenvalue weighted by atomic mass is 9.78. The van der Waals surface area contributed by atoms with Crippen molar-refractivity contribution in [3.8, 4) is 5.75 Å². The molecule has 0 aromatic heterocycles. The maximum atomic E-state index is 14.2. The lowest BCUT2D eigenvalue weighted by Crippen LogP contribution is -2.37. The van der Waals surface area contributed by atoms with Crippen LogP contribution in [0.4, 0.5) is 11.4 Å². The summed E-state index contributed by atoms with van der Waals surface area (Å²) in [5.74, 6) is 0.642. The quantitative estimate of drug-likeness (QED) is 0.237. The summed E-state index contributed by atoms with van der Waals surface area (Å²) in [6.45, 7) is 6.05. The molecular weight excluding hydrogens is 532 g/mol. The number of fused-ring (bicyclic) bond motifs is 1. The summed E-state index contributed by atoms with van der Waals surface area (Å²) in [5.41, 5.74) is 7.15. The summed E-state index contributed by atoms with van der Waals surface area (Å²) in [6, 6.07) is 33.2. The van der Waals surface area contributed by atoms with Crippen LogP contribution in [0.15, 0.2) is 120 Å². The minimum absolute atomic E-state index is 0.0361. The van der Waals surface area contributed by atoms with Gasteiger partial charge in [0.1, 0.15) is 5.75 Å². The van der Waals surface area contributed by atoms with Gasteiger partial charge in [-0.3, -0.25) is 14.5 Å². The van der Waals surface area contributed by atoms with Crippen LogP contribution in [-0.2, 0) is 9.59 Å². The monoisotopic (exact) mass is 568 g/mol. The second-order valence-corrected chi connectivity index (χ2v) is 11.6. The van der Waals surface area contributed by atoms with Crippen LogP contribution < -0.4 is 15.0 Å². The van der Waals surface area contributed by atoms with Crippen LogP contribution >= 0.6 is 0 Å². The number of nitrogens with one attached hydrogen (secondary N) is 1. The largest absolute Gasteiger partial charge is 0.491 e. The first-order valence-corrected chi connectivity index (χ1v) is 14.9. The van der Waals surface area contributed by atoms with Crippen LogP contribution in [0, 0.1) is 6.92 Å². The van der Waals surface area contributed by atoms with Crippen LogP contribution in [-0.4, -0.2) is 17.8 Å². The van der Waals surface area contributed by atoms with E-state index < -0.39 is 6.04 Å². The van der Waals surface area contributed by atoms with E-state index in [0.29, 0.717) is 18.4 Å². The number of aryl methyl sites for hydroxylation is 1. The molecule has 2 atom stereocenters. The minimum atomic E-state index is -0.612. The average molecular weight is 569 g/mol. The Morgan fingerprint density at radius 2 is 1.53 bits per heavy atom. The number of hydrogen-bond acceptors (Lipinski definition) is 4. The SMILES string of the molecule is Cc1ccc([C@@H]2CC(=O)C3=C(C2)Nc2ccccc2N(C(=O)/C=C/c2ccccc2)[C@@H]3c2ccc(OC(C)C)cc2)cc1. The van der Waals surface area contributed by atoms with Crippen molar-refractivity contribution >= 4 is 29.1 Å². The highest BCUT2D eigenvalue weighted by molar-refractivity contribution is 6.10.